The van der Waals surface area contributed by atoms with E-state index in [2.05, 4.69) is 10.6 Å². The van der Waals surface area contributed by atoms with E-state index in [1.807, 2.05) is 19.1 Å². The Morgan fingerprint density at radius 3 is 2.14 bits per heavy atom. The number of imide groups is 1. The molecule has 9 heteroatoms. The lowest BCUT2D eigenvalue weighted by Crippen LogP contribution is -2.38. The van der Waals surface area contributed by atoms with E-state index in [-0.39, 0.29) is 6.42 Å². The van der Waals surface area contributed by atoms with Crippen molar-refractivity contribution in [3.8, 4) is 0 Å². The number of nitrogens with zero attached hydrogens (tertiary/aromatic N) is 1. The number of hydrogen-bond donors (Lipinski definition) is 2. The summed E-state index contributed by atoms with van der Waals surface area (Å²) in [6.45, 7) is 1.53. The van der Waals surface area contributed by atoms with Crippen LogP contribution in [0.25, 0.3) is 0 Å². The van der Waals surface area contributed by atoms with Crippen molar-refractivity contribution in [3.05, 3.63) is 59.1 Å². The molecule has 29 heavy (non-hydrogen) atoms. The Balaban J connectivity index is 1.54. The van der Waals surface area contributed by atoms with E-state index >= 15 is 0 Å². The van der Waals surface area contributed by atoms with Gasteiger partial charge in [0.1, 0.15) is 11.8 Å². The minimum Gasteiger partial charge on any atom is -0.326 e. The molecule has 4 amide bonds. The predicted molar refractivity (Wildman–Crippen MR) is 113 cm³/mol. The van der Waals surface area contributed by atoms with Crippen molar-refractivity contribution < 1.29 is 19.2 Å². The number of halogens is 1. The second kappa shape index (κ2) is 9.11. The van der Waals surface area contributed by atoms with Crippen LogP contribution in [0.15, 0.2) is 48.5 Å². The molecule has 1 saturated heterocycles. The molecule has 0 aromatic heterocycles. The van der Waals surface area contributed by atoms with Gasteiger partial charge in [-0.15, -0.1) is 0 Å². The third-order valence-corrected chi connectivity index (χ3v) is 5.47. The first kappa shape index (κ1) is 20.9. The quantitative estimate of drug-likeness (QED) is 0.727. The van der Waals surface area contributed by atoms with Crippen molar-refractivity contribution in [2.24, 2.45) is 0 Å². The number of carbonyl (C=O) groups is 4. The second-order valence-corrected chi connectivity index (χ2v) is 8.06. The molecule has 1 fully saturated rings. The van der Waals surface area contributed by atoms with Gasteiger partial charge in [-0.2, -0.15) is 0 Å². The highest BCUT2D eigenvalue weighted by atomic mass is 35.5. The van der Waals surface area contributed by atoms with Crippen LogP contribution >= 0.6 is 23.4 Å². The predicted octanol–water partition coefficient (Wildman–Crippen LogP) is 3.68. The average Bonchev–Trinajstić information content (AvgIpc) is 2.93. The maximum absolute atomic E-state index is 12.5. The van der Waals surface area contributed by atoms with E-state index in [0.29, 0.717) is 16.4 Å². The number of thioether (sulfide) groups is 1. The zero-order valence-electron chi connectivity index (χ0n) is 15.5. The average molecular weight is 432 g/mol. The summed E-state index contributed by atoms with van der Waals surface area (Å²) < 4.78 is 0. The van der Waals surface area contributed by atoms with E-state index < -0.39 is 34.8 Å². The van der Waals surface area contributed by atoms with Crippen LogP contribution in [0.5, 0.6) is 0 Å². The number of rotatable bonds is 6. The van der Waals surface area contributed by atoms with Gasteiger partial charge >= 0.3 is 0 Å². The fraction of sp³-hybridized carbons (Fsp3) is 0.200. The molecule has 1 atom stereocenters. The monoisotopic (exact) mass is 431 g/mol. The summed E-state index contributed by atoms with van der Waals surface area (Å²) in [5, 5.41) is 4.43. The lowest BCUT2D eigenvalue weighted by Gasteiger charge is -2.14. The molecule has 1 aliphatic rings. The highest BCUT2D eigenvalue weighted by Gasteiger charge is 2.41. The highest BCUT2D eigenvalue weighted by Crippen LogP contribution is 2.29. The van der Waals surface area contributed by atoms with Gasteiger partial charge in [-0.05, 0) is 43.3 Å². The van der Waals surface area contributed by atoms with Gasteiger partial charge in [0, 0.05) is 22.8 Å². The minimum absolute atomic E-state index is 0.173. The van der Waals surface area contributed by atoms with Gasteiger partial charge in [-0.3, -0.25) is 24.1 Å². The SMILES string of the molecule is Cc1ccc(NC(=O)CN2C(=O)SC(CC(=O)Nc3ccc(Cl)cc3)C2=O)cc1. The van der Waals surface area contributed by atoms with Crippen LogP contribution in [-0.2, 0) is 14.4 Å². The van der Waals surface area contributed by atoms with Crippen molar-refractivity contribution in [2.75, 3.05) is 17.2 Å². The van der Waals surface area contributed by atoms with Gasteiger partial charge in [0.05, 0.1) is 0 Å². The lowest BCUT2D eigenvalue weighted by atomic mass is 10.2. The van der Waals surface area contributed by atoms with Gasteiger partial charge in [0.2, 0.25) is 17.7 Å². The van der Waals surface area contributed by atoms with Crippen LogP contribution in [-0.4, -0.2) is 39.7 Å². The molecule has 2 N–H and O–H groups in total. The third kappa shape index (κ3) is 5.58. The van der Waals surface area contributed by atoms with Gasteiger partial charge in [-0.25, -0.2) is 0 Å². The Hall–Kier alpha value is -2.84. The molecular weight excluding hydrogens is 414 g/mol. The van der Waals surface area contributed by atoms with Crippen molar-refractivity contribution in [3.63, 3.8) is 0 Å². The van der Waals surface area contributed by atoms with E-state index in [9.17, 15) is 19.2 Å². The first-order valence-electron chi connectivity index (χ1n) is 8.76. The number of carbonyl (C=O) groups excluding carboxylic acids is 4. The summed E-state index contributed by atoms with van der Waals surface area (Å²) in [7, 11) is 0. The Bertz CT molecular complexity index is 947. The van der Waals surface area contributed by atoms with Crippen LogP contribution in [0.4, 0.5) is 16.2 Å². The molecule has 0 aliphatic carbocycles. The molecular formula is C20H18ClN3O4S. The standard InChI is InChI=1S/C20H18ClN3O4S/c1-12-2-6-14(7-3-12)23-18(26)11-24-19(27)16(29-20(24)28)10-17(25)22-15-8-4-13(21)5-9-15/h2-9,16H,10-11H2,1H3,(H,22,25)(H,23,26). The fourth-order valence-corrected chi connectivity index (χ4v) is 3.78. The molecule has 1 aliphatic heterocycles. The molecule has 1 heterocycles. The van der Waals surface area contributed by atoms with Crippen molar-refractivity contribution >= 4 is 57.7 Å². The molecule has 2 aromatic rings. The third-order valence-electron chi connectivity index (χ3n) is 4.14. The molecule has 1 unspecified atom stereocenters. The summed E-state index contributed by atoms with van der Waals surface area (Å²) in [5.74, 6) is -1.44. The van der Waals surface area contributed by atoms with Crippen LogP contribution < -0.4 is 10.6 Å². The summed E-state index contributed by atoms with van der Waals surface area (Å²) in [5.41, 5.74) is 2.16. The smallest absolute Gasteiger partial charge is 0.289 e. The molecule has 3 rings (SSSR count). The summed E-state index contributed by atoms with van der Waals surface area (Å²) >= 11 is 6.55. The summed E-state index contributed by atoms with van der Waals surface area (Å²) in [4.78, 5) is 49.9. The van der Waals surface area contributed by atoms with E-state index in [0.717, 1.165) is 22.2 Å². The summed E-state index contributed by atoms with van der Waals surface area (Å²) in [6.07, 6.45) is -0.173. The molecule has 7 nitrogen and oxygen atoms in total. The topological polar surface area (TPSA) is 95.6 Å². The normalized spacial score (nSPS) is 16.1. The number of anilines is 2. The molecule has 150 valence electrons. The van der Waals surface area contributed by atoms with Crippen molar-refractivity contribution in [2.45, 2.75) is 18.6 Å². The number of amides is 4. The molecule has 0 bridgehead atoms. The highest BCUT2D eigenvalue weighted by molar-refractivity contribution is 8.15. The van der Waals surface area contributed by atoms with Gasteiger partial charge < -0.3 is 10.6 Å². The summed E-state index contributed by atoms with van der Waals surface area (Å²) in [6, 6.07) is 13.7. The Labute approximate surface area is 176 Å². The largest absolute Gasteiger partial charge is 0.326 e. The van der Waals surface area contributed by atoms with Crippen molar-refractivity contribution in [1.29, 1.82) is 0 Å². The zero-order chi connectivity index (χ0) is 21.0. The first-order valence-corrected chi connectivity index (χ1v) is 10.0. The number of benzene rings is 2. The number of hydrogen-bond acceptors (Lipinski definition) is 5. The zero-order valence-corrected chi connectivity index (χ0v) is 17.0. The number of aryl methyl sites for hydroxylation is 1. The minimum atomic E-state index is -0.859. The molecule has 0 radical (unpaired) electrons. The fourth-order valence-electron chi connectivity index (χ4n) is 2.67. The van der Waals surface area contributed by atoms with E-state index in [1.165, 1.54) is 0 Å². The van der Waals surface area contributed by atoms with Gasteiger partial charge in [0.25, 0.3) is 5.24 Å². The van der Waals surface area contributed by atoms with E-state index in [1.54, 1.807) is 36.4 Å². The molecule has 0 saturated carbocycles. The van der Waals surface area contributed by atoms with Crippen LogP contribution in [0.2, 0.25) is 5.02 Å². The van der Waals surface area contributed by atoms with Crippen LogP contribution in [0.1, 0.15) is 12.0 Å². The van der Waals surface area contributed by atoms with Gasteiger partial charge in [-0.1, -0.05) is 41.1 Å². The van der Waals surface area contributed by atoms with Crippen molar-refractivity contribution in [1.82, 2.24) is 4.90 Å². The number of nitrogens with one attached hydrogen (secondary N) is 2. The maximum Gasteiger partial charge on any atom is 0.289 e. The van der Waals surface area contributed by atoms with E-state index in [4.69, 9.17) is 11.6 Å². The Morgan fingerprint density at radius 2 is 1.52 bits per heavy atom. The van der Waals surface area contributed by atoms with Gasteiger partial charge in [0.15, 0.2) is 0 Å². The first-order chi connectivity index (χ1) is 13.8. The van der Waals surface area contributed by atoms with Crippen LogP contribution in [0.3, 0.4) is 0 Å². The maximum atomic E-state index is 12.5. The lowest BCUT2D eigenvalue weighted by molar-refractivity contribution is -0.131. The molecule has 0 spiro atoms. The van der Waals surface area contributed by atoms with Crippen LogP contribution in [0, 0.1) is 6.92 Å². The Morgan fingerprint density at radius 1 is 0.966 bits per heavy atom. The second-order valence-electron chi connectivity index (χ2n) is 6.47. The molecule has 2 aromatic carbocycles. The Kier molecular flexibility index (Phi) is 6.56.